The van der Waals surface area contributed by atoms with Crippen molar-refractivity contribution in [1.29, 1.82) is 0 Å². The molecule has 1 aromatic rings. The topological polar surface area (TPSA) is 15.3 Å². The molecule has 0 radical (unpaired) electrons. The molecule has 1 N–H and O–H groups in total. The average molecular weight is 346 g/mol. The van der Waals surface area contributed by atoms with Crippen LogP contribution in [0.3, 0.4) is 0 Å². The Hall–Kier alpha value is -0.250. The van der Waals surface area contributed by atoms with Crippen molar-refractivity contribution in [3.05, 3.63) is 27.7 Å². The normalized spacial score (nSPS) is 17.9. The lowest BCUT2D eigenvalue weighted by molar-refractivity contribution is 0.198. The number of rotatable bonds is 4. The molecule has 4 heteroatoms. The van der Waals surface area contributed by atoms with E-state index in [9.17, 15) is 0 Å². The van der Waals surface area contributed by atoms with Crippen LogP contribution in [0.25, 0.3) is 0 Å². The number of piperidine rings is 1. The van der Waals surface area contributed by atoms with Gasteiger partial charge in [0.25, 0.3) is 0 Å². The summed E-state index contributed by atoms with van der Waals surface area (Å²) < 4.78 is 1.02. The molecule has 1 heterocycles. The second kappa shape index (κ2) is 6.96. The highest BCUT2D eigenvalue weighted by atomic mass is 79.9. The van der Waals surface area contributed by atoms with Crippen molar-refractivity contribution < 1.29 is 0 Å². The molecule has 1 aromatic carbocycles. The third kappa shape index (κ3) is 4.66. The quantitative estimate of drug-likeness (QED) is 0.855. The number of nitrogens with zero attached hydrogens (tertiary/aromatic N) is 1. The van der Waals surface area contributed by atoms with Gasteiger partial charge in [0, 0.05) is 30.1 Å². The molecule has 0 saturated carbocycles. The Morgan fingerprint density at radius 3 is 2.63 bits per heavy atom. The highest BCUT2D eigenvalue weighted by Crippen LogP contribution is 2.27. The Bertz CT molecular complexity index is 415. The van der Waals surface area contributed by atoms with Crippen molar-refractivity contribution in [2.45, 2.75) is 32.7 Å². The molecule has 1 fully saturated rings. The van der Waals surface area contributed by atoms with Crippen LogP contribution in [-0.4, -0.2) is 30.6 Å². The van der Waals surface area contributed by atoms with Gasteiger partial charge in [0.2, 0.25) is 0 Å². The predicted molar refractivity (Wildman–Crippen MR) is 87.1 cm³/mol. The zero-order valence-corrected chi connectivity index (χ0v) is 14.0. The van der Waals surface area contributed by atoms with E-state index in [1.165, 1.54) is 32.5 Å². The van der Waals surface area contributed by atoms with E-state index in [0.29, 0.717) is 6.04 Å². The first-order valence-electron chi connectivity index (χ1n) is 6.98. The van der Waals surface area contributed by atoms with E-state index >= 15 is 0 Å². The highest BCUT2D eigenvalue weighted by Gasteiger charge is 2.19. The number of hydrogen-bond donors (Lipinski definition) is 1. The van der Waals surface area contributed by atoms with Crippen LogP contribution in [0.2, 0.25) is 5.02 Å². The number of nitrogens with one attached hydrogen (secondary N) is 1. The molecule has 1 saturated heterocycles. The van der Waals surface area contributed by atoms with Crippen LogP contribution in [0.5, 0.6) is 0 Å². The Labute approximate surface area is 129 Å². The maximum absolute atomic E-state index is 6.24. The third-order valence-corrected chi connectivity index (χ3v) is 4.31. The van der Waals surface area contributed by atoms with E-state index in [1.807, 2.05) is 18.2 Å². The third-order valence-electron chi connectivity index (χ3n) is 3.50. The molecule has 0 amide bonds. The summed E-state index contributed by atoms with van der Waals surface area (Å²) in [6.07, 6.45) is 2.39. The zero-order chi connectivity index (χ0) is 13.8. The van der Waals surface area contributed by atoms with Gasteiger partial charge in [-0.15, -0.1) is 0 Å². The van der Waals surface area contributed by atoms with Crippen LogP contribution >= 0.6 is 27.5 Å². The van der Waals surface area contributed by atoms with Crippen LogP contribution in [0, 0.1) is 5.92 Å². The van der Waals surface area contributed by atoms with Gasteiger partial charge in [-0.25, -0.2) is 0 Å². The molecule has 0 unspecified atom stereocenters. The Morgan fingerprint density at radius 1 is 1.37 bits per heavy atom. The van der Waals surface area contributed by atoms with Crippen LogP contribution in [-0.2, 0) is 0 Å². The molecule has 0 aromatic heterocycles. The molecule has 0 spiro atoms. The fourth-order valence-corrected chi connectivity index (χ4v) is 3.33. The summed E-state index contributed by atoms with van der Waals surface area (Å²) in [7, 11) is 0. The SMILES string of the molecule is CC(C)CN1CCC(Nc2ccc(Br)cc2Cl)CC1. The van der Waals surface area contributed by atoms with Gasteiger partial charge in [-0.1, -0.05) is 41.4 Å². The maximum Gasteiger partial charge on any atom is 0.0648 e. The van der Waals surface area contributed by atoms with Gasteiger partial charge in [0.05, 0.1) is 10.7 Å². The first kappa shape index (κ1) is 15.1. The smallest absolute Gasteiger partial charge is 0.0648 e. The fourth-order valence-electron chi connectivity index (χ4n) is 2.60. The standard InChI is InChI=1S/C15H22BrClN2/c1-11(2)10-19-7-5-13(6-8-19)18-15-4-3-12(16)9-14(15)17/h3-4,9,11,13,18H,5-8,10H2,1-2H3. The van der Waals surface area contributed by atoms with E-state index in [0.717, 1.165) is 21.1 Å². The lowest BCUT2D eigenvalue weighted by Crippen LogP contribution is -2.40. The minimum Gasteiger partial charge on any atom is -0.381 e. The summed E-state index contributed by atoms with van der Waals surface area (Å²) >= 11 is 9.68. The van der Waals surface area contributed by atoms with Crippen molar-refractivity contribution in [3.63, 3.8) is 0 Å². The number of benzene rings is 1. The zero-order valence-electron chi connectivity index (χ0n) is 11.6. The molecule has 2 rings (SSSR count). The van der Waals surface area contributed by atoms with Crippen LogP contribution in [0.1, 0.15) is 26.7 Å². The Kier molecular flexibility index (Phi) is 5.55. The van der Waals surface area contributed by atoms with E-state index in [4.69, 9.17) is 11.6 Å². The number of likely N-dealkylation sites (tertiary alicyclic amines) is 1. The van der Waals surface area contributed by atoms with Gasteiger partial charge in [-0.05, 0) is 37.0 Å². The van der Waals surface area contributed by atoms with Crippen molar-refractivity contribution >= 4 is 33.2 Å². The van der Waals surface area contributed by atoms with E-state index in [2.05, 4.69) is 40.0 Å². The minimum atomic E-state index is 0.544. The maximum atomic E-state index is 6.24. The van der Waals surface area contributed by atoms with Crippen molar-refractivity contribution in [2.75, 3.05) is 25.0 Å². The first-order chi connectivity index (χ1) is 9.04. The van der Waals surface area contributed by atoms with Crippen LogP contribution in [0.4, 0.5) is 5.69 Å². The molecular formula is C15H22BrClN2. The van der Waals surface area contributed by atoms with Crippen LogP contribution in [0.15, 0.2) is 22.7 Å². The highest BCUT2D eigenvalue weighted by molar-refractivity contribution is 9.10. The first-order valence-corrected chi connectivity index (χ1v) is 8.15. The number of halogens is 2. The number of hydrogen-bond acceptors (Lipinski definition) is 2. The molecule has 1 aliphatic heterocycles. The second-order valence-electron chi connectivity index (χ2n) is 5.74. The predicted octanol–water partition coefficient (Wildman–Crippen LogP) is 4.63. The summed E-state index contributed by atoms with van der Waals surface area (Å²) in [5.41, 5.74) is 1.05. The van der Waals surface area contributed by atoms with Gasteiger partial charge < -0.3 is 10.2 Å². The van der Waals surface area contributed by atoms with Gasteiger partial charge in [0.15, 0.2) is 0 Å². The van der Waals surface area contributed by atoms with E-state index < -0.39 is 0 Å². The lowest BCUT2D eigenvalue weighted by Gasteiger charge is -2.33. The van der Waals surface area contributed by atoms with Crippen molar-refractivity contribution in [2.24, 2.45) is 5.92 Å². The van der Waals surface area contributed by atoms with E-state index in [1.54, 1.807) is 0 Å². The molecule has 0 atom stereocenters. The summed E-state index contributed by atoms with van der Waals surface area (Å²) in [4.78, 5) is 2.56. The van der Waals surface area contributed by atoms with Gasteiger partial charge >= 0.3 is 0 Å². The van der Waals surface area contributed by atoms with Crippen molar-refractivity contribution in [1.82, 2.24) is 4.90 Å². The van der Waals surface area contributed by atoms with Gasteiger partial charge in [0.1, 0.15) is 0 Å². The molecule has 0 bridgehead atoms. The second-order valence-corrected chi connectivity index (χ2v) is 7.06. The lowest BCUT2D eigenvalue weighted by atomic mass is 10.0. The monoisotopic (exact) mass is 344 g/mol. The fraction of sp³-hybridized carbons (Fsp3) is 0.600. The molecule has 106 valence electrons. The summed E-state index contributed by atoms with van der Waals surface area (Å²) in [5.74, 6) is 0.755. The summed E-state index contributed by atoms with van der Waals surface area (Å²) in [6.45, 7) is 8.15. The van der Waals surface area contributed by atoms with Crippen molar-refractivity contribution in [3.8, 4) is 0 Å². The Morgan fingerprint density at radius 2 is 2.05 bits per heavy atom. The summed E-state index contributed by atoms with van der Waals surface area (Å²) in [5, 5.41) is 4.36. The van der Waals surface area contributed by atoms with Crippen LogP contribution < -0.4 is 5.32 Å². The number of anilines is 1. The molecule has 1 aliphatic rings. The molecule has 19 heavy (non-hydrogen) atoms. The Balaban J connectivity index is 1.85. The molecule has 0 aliphatic carbocycles. The van der Waals surface area contributed by atoms with E-state index in [-0.39, 0.29) is 0 Å². The molecule has 2 nitrogen and oxygen atoms in total. The molecular weight excluding hydrogens is 324 g/mol. The van der Waals surface area contributed by atoms with Gasteiger partial charge in [-0.3, -0.25) is 0 Å². The minimum absolute atomic E-state index is 0.544. The largest absolute Gasteiger partial charge is 0.381 e. The van der Waals surface area contributed by atoms with Gasteiger partial charge in [-0.2, -0.15) is 0 Å². The average Bonchev–Trinajstić information content (AvgIpc) is 2.34. The summed E-state index contributed by atoms with van der Waals surface area (Å²) in [6, 6.07) is 6.56.